The van der Waals surface area contributed by atoms with Gasteiger partial charge in [0.25, 0.3) is 0 Å². The van der Waals surface area contributed by atoms with Crippen LogP contribution in [-0.2, 0) is 19.4 Å². The molecule has 2 nitrogen and oxygen atoms in total. The van der Waals surface area contributed by atoms with Crippen LogP contribution in [0.5, 0.6) is 5.75 Å². The summed E-state index contributed by atoms with van der Waals surface area (Å²) in [6.45, 7) is 5.57. The van der Waals surface area contributed by atoms with Crippen molar-refractivity contribution >= 4 is 11.3 Å². The predicted octanol–water partition coefficient (Wildman–Crippen LogP) is 3.70. The average Bonchev–Trinajstić information content (AvgIpc) is 2.86. The molecule has 0 aliphatic rings. The fraction of sp³-hybridized carbons (Fsp3) is 0.375. The van der Waals surface area contributed by atoms with Gasteiger partial charge in [-0.3, -0.25) is 0 Å². The largest absolute Gasteiger partial charge is 0.488 e. The minimum absolute atomic E-state index is 0.644. The van der Waals surface area contributed by atoms with Gasteiger partial charge >= 0.3 is 0 Å². The molecule has 1 aromatic heterocycles. The van der Waals surface area contributed by atoms with E-state index in [9.17, 15) is 0 Å². The normalized spacial score (nSPS) is 10.7. The second-order valence-corrected chi connectivity index (χ2v) is 5.91. The molecule has 0 radical (unpaired) electrons. The highest BCUT2D eigenvalue weighted by Crippen LogP contribution is 2.23. The van der Waals surface area contributed by atoms with Crippen molar-refractivity contribution in [3.63, 3.8) is 0 Å². The Morgan fingerprint density at radius 1 is 1.16 bits per heavy atom. The van der Waals surface area contributed by atoms with Gasteiger partial charge in [0.15, 0.2) is 0 Å². The zero-order chi connectivity index (χ0) is 13.7. The zero-order valence-electron chi connectivity index (χ0n) is 11.6. The van der Waals surface area contributed by atoms with Gasteiger partial charge in [-0.15, -0.1) is 11.3 Å². The van der Waals surface area contributed by atoms with Crippen LogP contribution in [0.3, 0.4) is 0 Å². The van der Waals surface area contributed by atoms with E-state index in [1.54, 1.807) is 0 Å². The Morgan fingerprint density at radius 3 is 2.63 bits per heavy atom. The topological polar surface area (TPSA) is 35.2 Å². The van der Waals surface area contributed by atoms with Gasteiger partial charge in [0.2, 0.25) is 0 Å². The third-order valence-electron chi connectivity index (χ3n) is 3.07. The maximum Gasteiger partial charge on any atom is 0.123 e. The number of rotatable bonds is 6. The first-order chi connectivity index (χ1) is 9.22. The van der Waals surface area contributed by atoms with Gasteiger partial charge in [-0.2, -0.15) is 0 Å². The van der Waals surface area contributed by atoms with Gasteiger partial charge in [-0.1, -0.05) is 24.6 Å². The summed E-state index contributed by atoms with van der Waals surface area (Å²) in [4.78, 5) is 2.68. The van der Waals surface area contributed by atoms with Crippen molar-refractivity contribution in [2.45, 2.75) is 33.3 Å². The molecule has 3 heteroatoms. The summed E-state index contributed by atoms with van der Waals surface area (Å²) in [7, 11) is 0. The molecule has 0 saturated carbocycles. The molecular weight excluding hydrogens is 254 g/mol. The molecule has 0 aliphatic heterocycles. The maximum atomic E-state index is 5.94. The van der Waals surface area contributed by atoms with E-state index < -0.39 is 0 Å². The van der Waals surface area contributed by atoms with Gasteiger partial charge in [0.05, 0.1) is 0 Å². The van der Waals surface area contributed by atoms with Crippen LogP contribution >= 0.6 is 11.3 Å². The van der Waals surface area contributed by atoms with E-state index in [2.05, 4.69) is 44.2 Å². The van der Waals surface area contributed by atoms with Crippen LogP contribution in [0.2, 0.25) is 0 Å². The molecule has 2 rings (SSSR count). The Balaban J connectivity index is 2.05. The van der Waals surface area contributed by atoms with Crippen molar-refractivity contribution in [1.82, 2.24) is 0 Å². The smallest absolute Gasteiger partial charge is 0.123 e. The summed E-state index contributed by atoms with van der Waals surface area (Å²) in [5, 5.41) is 0. The van der Waals surface area contributed by atoms with Crippen molar-refractivity contribution < 1.29 is 4.74 Å². The van der Waals surface area contributed by atoms with Crippen molar-refractivity contribution in [2.24, 2.45) is 5.73 Å². The lowest BCUT2D eigenvalue weighted by molar-refractivity contribution is 0.306. The van der Waals surface area contributed by atoms with Gasteiger partial charge in [-0.05, 0) is 50.1 Å². The lowest BCUT2D eigenvalue weighted by Gasteiger charge is -2.11. The van der Waals surface area contributed by atoms with E-state index in [-0.39, 0.29) is 0 Å². The number of hydrogen-bond donors (Lipinski definition) is 1. The molecule has 1 heterocycles. The summed E-state index contributed by atoms with van der Waals surface area (Å²) in [6, 6.07) is 10.6. The fourth-order valence-corrected chi connectivity index (χ4v) is 2.91. The van der Waals surface area contributed by atoms with Crippen LogP contribution in [0, 0.1) is 6.92 Å². The molecule has 19 heavy (non-hydrogen) atoms. The number of hydrogen-bond acceptors (Lipinski definition) is 3. The molecule has 2 aromatic rings. The summed E-state index contributed by atoms with van der Waals surface area (Å²) in [5.74, 6) is 0.961. The van der Waals surface area contributed by atoms with E-state index in [4.69, 9.17) is 10.5 Å². The monoisotopic (exact) mass is 275 g/mol. The Labute approximate surface area is 119 Å². The first kappa shape index (κ1) is 14.1. The molecule has 2 N–H and O–H groups in total. The zero-order valence-corrected chi connectivity index (χ0v) is 12.4. The molecule has 1 aromatic carbocycles. The van der Waals surface area contributed by atoms with Crippen LogP contribution in [0.1, 0.15) is 27.8 Å². The maximum absolute atomic E-state index is 5.94. The number of nitrogens with two attached hydrogens (primary N) is 1. The first-order valence-corrected chi connectivity index (χ1v) is 7.54. The molecule has 0 spiro atoms. The van der Waals surface area contributed by atoms with Crippen LogP contribution in [0.15, 0.2) is 30.3 Å². The van der Waals surface area contributed by atoms with Gasteiger partial charge in [0.1, 0.15) is 12.4 Å². The summed E-state index contributed by atoms with van der Waals surface area (Å²) < 4.78 is 5.94. The lowest BCUT2D eigenvalue weighted by atomic mass is 10.1. The fourth-order valence-electron chi connectivity index (χ4n) is 2.04. The van der Waals surface area contributed by atoms with Crippen LogP contribution in [0.4, 0.5) is 0 Å². The molecule has 102 valence electrons. The number of aryl methyl sites for hydroxylation is 2. The van der Waals surface area contributed by atoms with E-state index >= 15 is 0 Å². The highest BCUT2D eigenvalue weighted by molar-refractivity contribution is 7.11. The molecule has 0 atom stereocenters. The second-order valence-electron chi connectivity index (χ2n) is 4.66. The first-order valence-electron chi connectivity index (χ1n) is 6.73. The van der Waals surface area contributed by atoms with Crippen molar-refractivity contribution in [2.75, 3.05) is 6.54 Å². The minimum Gasteiger partial charge on any atom is -0.488 e. The summed E-state index contributed by atoms with van der Waals surface area (Å²) >= 11 is 1.82. The average molecular weight is 275 g/mol. The standard InChI is InChI=1S/C16H21NOS/c1-3-14-5-6-15(19-14)11-18-16-7-4-12(2)10-13(16)8-9-17/h4-7,10H,3,8-9,11,17H2,1-2H3. The quantitative estimate of drug-likeness (QED) is 0.872. The van der Waals surface area contributed by atoms with E-state index in [0.717, 1.165) is 18.6 Å². The van der Waals surface area contributed by atoms with E-state index in [1.807, 2.05) is 11.3 Å². The third-order valence-corrected chi connectivity index (χ3v) is 4.27. The molecule has 0 amide bonds. The predicted molar refractivity (Wildman–Crippen MR) is 82.0 cm³/mol. The van der Waals surface area contributed by atoms with Crippen molar-refractivity contribution in [3.8, 4) is 5.75 Å². The van der Waals surface area contributed by atoms with Crippen LogP contribution < -0.4 is 10.5 Å². The van der Waals surface area contributed by atoms with E-state index in [1.165, 1.54) is 20.9 Å². The van der Waals surface area contributed by atoms with Crippen molar-refractivity contribution in [3.05, 3.63) is 51.2 Å². The highest BCUT2D eigenvalue weighted by atomic mass is 32.1. The summed E-state index contributed by atoms with van der Waals surface area (Å²) in [5.41, 5.74) is 8.11. The Bertz CT molecular complexity index is 533. The van der Waals surface area contributed by atoms with Crippen molar-refractivity contribution in [1.29, 1.82) is 0 Å². The van der Waals surface area contributed by atoms with Crippen LogP contribution in [0.25, 0.3) is 0 Å². The van der Waals surface area contributed by atoms with Gasteiger partial charge in [-0.25, -0.2) is 0 Å². The van der Waals surface area contributed by atoms with Gasteiger partial charge in [0, 0.05) is 9.75 Å². The number of thiophene rings is 1. The third kappa shape index (κ3) is 3.82. The number of ether oxygens (including phenoxy) is 1. The Morgan fingerprint density at radius 2 is 1.95 bits per heavy atom. The molecule has 0 saturated heterocycles. The molecule has 0 aliphatic carbocycles. The van der Waals surface area contributed by atoms with Gasteiger partial charge < -0.3 is 10.5 Å². The minimum atomic E-state index is 0.644. The molecule has 0 unspecified atom stereocenters. The van der Waals surface area contributed by atoms with E-state index in [0.29, 0.717) is 13.2 Å². The lowest BCUT2D eigenvalue weighted by Crippen LogP contribution is -2.05. The molecule has 0 bridgehead atoms. The molecular formula is C16H21NOS. The van der Waals surface area contributed by atoms with Crippen LogP contribution in [-0.4, -0.2) is 6.54 Å². The number of benzene rings is 1. The highest BCUT2D eigenvalue weighted by Gasteiger charge is 2.05. The Kier molecular flexibility index (Phi) is 5.00. The second kappa shape index (κ2) is 6.73. The Hall–Kier alpha value is -1.32. The summed E-state index contributed by atoms with van der Waals surface area (Å²) in [6.07, 6.45) is 1.95. The SMILES string of the molecule is CCc1ccc(COc2ccc(C)cc2CCN)s1. The molecule has 0 fully saturated rings.